The van der Waals surface area contributed by atoms with Gasteiger partial charge in [-0.3, -0.25) is 4.79 Å². The highest BCUT2D eigenvalue weighted by Crippen LogP contribution is 2.35. The predicted molar refractivity (Wildman–Crippen MR) is 99.0 cm³/mol. The molecule has 1 saturated carbocycles. The van der Waals surface area contributed by atoms with Gasteiger partial charge in [-0.15, -0.1) is 0 Å². The molecule has 140 valence electrons. The van der Waals surface area contributed by atoms with Gasteiger partial charge in [-0.1, -0.05) is 0 Å². The molecule has 1 aliphatic carbocycles. The molecule has 1 fully saturated rings. The van der Waals surface area contributed by atoms with Crippen molar-refractivity contribution >= 4 is 16.9 Å². The van der Waals surface area contributed by atoms with E-state index in [9.17, 15) is 14.0 Å². The second-order valence-electron chi connectivity index (χ2n) is 6.88. The molecule has 1 heterocycles. The van der Waals surface area contributed by atoms with Gasteiger partial charge in [0.2, 0.25) is 5.43 Å². The first kappa shape index (κ1) is 18.6. The number of esters is 1. The van der Waals surface area contributed by atoms with Crippen molar-refractivity contribution in [2.24, 2.45) is 5.73 Å². The molecule has 0 bridgehead atoms. The highest BCUT2D eigenvalue weighted by Gasteiger charge is 2.24. The van der Waals surface area contributed by atoms with Gasteiger partial charge in [0.25, 0.3) is 0 Å². The number of pyridine rings is 1. The Balaban J connectivity index is 2.13. The van der Waals surface area contributed by atoms with Gasteiger partial charge in [0.05, 0.1) is 12.1 Å². The monoisotopic (exact) mass is 360 g/mol. The summed E-state index contributed by atoms with van der Waals surface area (Å²) in [5, 5.41) is 0.214. The standard InChI is InChI=1S/C20H25FN2O3/c1-3-23-11-16(20(25)26-4-2)19(24)15-9-17(21)14(10-18(15)23)12-5-7-13(22)8-6-12/h9-13H,3-8,22H2,1-2H3. The first-order valence-corrected chi connectivity index (χ1v) is 9.25. The number of fused-ring (bicyclic) bond motifs is 1. The molecule has 0 radical (unpaired) electrons. The zero-order valence-electron chi connectivity index (χ0n) is 15.3. The Morgan fingerprint density at radius 2 is 1.96 bits per heavy atom. The van der Waals surface area contributed by atoms with Crippen LogP contribution in [-0.2, 0) is 11.3 Å². The Labute approximate surface area is 151 Å². The third-order valence-corrected chi connectivity index (χ3v) is 5.25. The van der Waals surface area contributed by atoms with Crippen molar-refractivity contribution < 1.29 is 13.9 Å². The molecule has 0 aliphatic heterocycles. The van der Waals surface area contributed by atoms with E-state index in [-0.39, 0.29) is 29.5 Å². The summed E-state index contributed by atoms with van der Waals surface area (Å²) in [5.74, 6) is -0.949. The first-order valence-electron chi connectivity index (χ1n) is 9.25. The van der Waals surface area contributed by atoms with E-state index in [2.05, 4.69) is 0 Å². The molecule has 0 unspecified atom stereocenters. The Morgan fingerprint density at radius 1 is 1.27 bits per heavy atom. The number of aryl methyl sites for hydroxylation is 1. The maximum atomic E-state index is 14.8. The van der Waals surface area contributed by atoms with Crippen molar-refractivity contribution in [2.45, 2.75) is 58.0 Å². The third-order valence-electron chi connectivity index (χ3n) is 5.25. The predicted octanol–water partition coefficient (Wildman–Crippen LogP) is 3.32. The summed E-state index contributed by atoms with van der Waals surface area (Å²) >= 11 is 0. The van der Waals surface area contributed by atoms with E-state index in [0.717, 1.165) is 25.7 Å². The van der Waals surface area contributed by atoms with Crippen LogP contribution in [0.25, 0.3) is 10.9 Å². The molecule has 6 heteroatoms. The normalized spacial score (nSPS) is 20.3. The van der Waals surface area contributed by atoms with Crippen LogP contribution in [0.2, 0.25) is 0 Å². The van der Waals surface area contributed by atoms with E-state index >= 15 is 0 Å². The number of nitrogens with zero attached hydrogens (tertiary/aromatic N) is 1. The van der Waals surface area contributed by atoms with Crippen LogP contribution in [0.15, 0.2) is 23.1 Å². The van der Waals surface area contributed by atoms with Crippen molar-refractivity contribution in [3.63, 3.8) is 0 Å². The van der Waals surface area contributed by atoms with Crippen LogP contribution in [0, 0.1) is 5.82 Å². The molecule has 0 amide bonds. The average molecular weight is 360 g/mol. The van der Waals surface area contributed by atoms with Gasteiger partial charge >= 0.3 is 5.97 Å². The molecular formula is C20H25FN2O3. The Hall–Kier alpha value is -2.21. The summed E-state index contributed by atoms with van der Waals surface area (Å²) in [6, 6.07) is 3.23. The summed E-state index contributed by atoms with van der Waals surface area (Å²) in [6.07, 6.45) is 4.97. The van der Waals surface area contributed by atoms with Crippen LogP contribution in [0.5, 0.6) is 0 Å². The maximum absolute atomic E-state index is 14.8. The Bertz CT molecular complexity index is 883. The van der Waals surface area contributed by atoms with Crippen molar-refractivity contribution in [2.75, 3.05) is 6.61 Å². The number of hydrogen-bond acceptors (Lipinski definition) is 4. The van der Waals surface area contributed by atoms with Crippen LogP contribution < -0.4 is 11.2 Å². The number of halogens is 1. The fourth-order valence-corrected chi connectivity index (χ4v) is 3.79. The van der Waals surface area contributed by atoms with E-state index in [0.29, 0.717) is 17.6 Å². The molecule has 0 saturated heterocycles. The van der Waals surface area contributed by atoms with Gasteiger partial charge in [0, 0.05) is 24.2 Å². The zero-order valence-corrected chi connectivity index (χ0v) is 15.3. The van der Waals surface area contributed by atoms with Crippen LogP contribution in [-0.4, -0.2) is 23.2 Å². The molecular weight excluding hydrogens is 335 g/mol. The zero-order chi connectivity index (χ0) is 18.8. The lowest BCUT2D eigenvalue weighted by molar-refractivity contribution is 0.0524. The number of carbonyl (C=O) groups excluding carboxylic acids is 1. The van der Waals surface area contributed by atoms with Crippen LogP contribution >= 0.6 is 0 Å². The number of benzene rings is 1. The quantitative estimate of drug-likeness (QED) is 0.849. The highest BCUT2D eigenvalue weighted by molar-refractivity contribution is 5.94. The molecule has 26 heavy (non-hydrogen) atoms. The molecule has 5 nitrogen and oxygen atoms in total. The molecule has 2 N–H and O–H groups in total. The minimum Gasteiger partial charge on any atom is -0.462 e. The first-order chi connectivity index (χ1) is 12.5. The van der Waals surface area contributed by atoms with Crippen LogP contribution in [0.1, 0.15) is 61.4 Å². The molecule has 0 spiro atoms. The molecule has 1 aliphatic rings. The lowest BCUT2D eigenvalue weighted by atomic mass is 9.81. The lowest BCUT2D eigenvalue weighted by Crippen LogP contribution is -2.26. The van der Waals surface area contributed by atoms with E-state index in [1.165, 1.54) is 12.3 Å². The maximum Gasteiger partial charge on any atom is 0.343 e. The van der Waals surface area contributed by atoms with Gasteiger partial charge in [-0.2, -0.15) is 0 Å². The Morgan fingerprint density at radius 3 is 2.58 bits per heavy atom. The fourth-order valence-electron chi connectivity index (χ4n) is 3.79. The van der Waals surface area contributed by atoms with Crippen LogP contribution in [0.3, 0.4) is 0 Å². The summed E-state index contributed by atoms with van der Waals surface area (Å²) in [4.78, 5) is 24.8. The highest BCUT2D eigenvalue weighted by atomic mass is 19.1. The minimum atomic E-state index is -0.674. The number of nitrogens with two attached hydrogens (primary N) is 1. The van der Waals surface area contributed by atoms with Crippen molar-refractivity contribution in [1.82, 2.24) is 4.57 Å². The molecule has 1 aromatic carbocycles. The fraction of sp³-hybridized carbons (Fsp3) is 0.500. The molecule has 3 rings (SSSR count). The topological polar surface area (TPSA) is 74.3 Å². The van der Waals surface area contributed by atoms with Crippen molar-refractivity contribution in [3.05, 3.63) is 45.5 Å². The van der Waals surface area contributed by atoms with E-state index in [4.69, 9.17) is 10.5 Å². The summed E-state index contributed by atoms with van der Waals surface area (Å²) in [7, 11) is 0. The summed E-state index contributed by atoms with van der Waals surface area (Å²) in [5.41, 5.74) is 6.69. The van der Waals surface area contributed by atoms with Gasteiger partial charge < -0.3 is 15.0 Å². The lowest BCUT2D eigenvalue weighted by Gasteiger charge is -2.27. The van der Waals surface area contributed by atoms with E-state index in [1.54, 1.807) is 17.6 Å². The smallest absolute Gasteiger partial charge is 0.343 e. The third kappa shape index (κ3) is 3.38. The number of aromatic nitrogens is 1. The van der Waals surface area contributed by atoms with E-state index < -0.39 is 17.2 Å². The van der Waals surface area contributed by atoms with Gasteiger partial charge in [0.15, 0.2) is 0 Å². The minimum absolute atomic E-state index is 0.0583. The van der Waals surface area contributed by atoms with Crippen LogP contribution in [0.4, 0.5) is 4.39 Å². The molecule has 1 aromatic heterocycles. The second kappa shape index (κ2) is 7.58. The number of rotatable bonds is 4. The average Bonchev–Trinajstić information content (AvgIpc) is 2.63. The second-order valence-corrected chi connectivity index (χ2v) is 6.88. The van der Waals surface area contributed by atoms with Crippen molar-refractivity contribution in [1.29, 1.82) is 0 Å². The molecule has 0 atom stereocenters. The molecule has 2 aromatic rings. The van der Waals surface area contributed by atoms with E-state index in [1.807, 2.05) is 6.92 Å². The largest absolute Gasteiger partial charge is 0.462 e. The SMILES string of the molecule is CCOC(=O)c1cn(CC)c2cc(C3CCC(N)CC3)c(F)cc2c1=O. The van der Waals surface area contributed by atoms with Crippen molar-refractivity contribution in [3.8, 4) is 0 Å². The summed E-state index contributed by atoms with van der Waals surface area (Å²) in [6.45, 7) is 4.34. The number of carbonyl (C=O) groups is 1. The Kier molecular flexibility index (Phi) is 5.41. The number of hydrogen-bond donors (Lipinski definition) is 1. The van der Waals surface area contributed by atoms with Gasteiger partial charge in [-0.05, 0) is 63.1 Å². The van der Waals surface area contributed by atoms with Gasteiger partial charge in [0.1, 0.15) is 11.4 Å². The number of ether oxygens (including phenoxy) is 1. The van der Waals surface area contributed by atoms with Gasteiger partial charge in [-0.25, -0.2) is 9.18 Å². The summed E-state index contributed by atoms with van der Waals surface area (Å²) < 4.78 is 21.6.